The number of halogens is 1. The zero-order chi connectivity index (χ0) is 20.9. The highest BCUT2D eigenvalue weighted by Gasteiger charge is 2.32. The first-order valence-electron chi connectivity index (χ1n) is 10.6. The van der Waals surface area contributed by atoms with Crippen molar-refractivity contribution in [2.24, 2.45) is 5.92 Å². The van der Waals surface area contributed by atoms with Crippen LogP contribution in [0.15, 0.2) is 48.5 Å². The number of carbonyl (C=O) groups excluding carboxylic acids is 2. The van der Waals surface area contributed by atoms with Crippen molar-refractivity contribution >= 4 is 24.2 Å². The highest BCUT2D eigenvalue weighted by Crippen LogP contribution is 2.22. The third kappa shape index (κ3) is 5.57. The Hall–Kier alpha value is -2.57. The molecule has 2 aliphatic heterocycles. The molecule has 0 bridgehead atoms. The van der Waals surface area contributed by atoms with Crippen molar-refractivity contribution in [3.8, 4) is 5.75 Å². The van der Waals surface area contributed by atoms with Crippen molar-refractivity contribution in [3.05, 3.63) is 65.2 Å². The third-order valence-corrected chi connectivity index (χ3v) is 6.18. The summed E-state index contributed by atoms with van der Waals surface area (Å²) in [6, 6.07) is 15.8. The van der Waals surface area contributed by atoms with Gasteiger partial charge in [0.15, 0.2) is 0 Å². The van der Waals surface area contributed by atoms with Gasteiger partial charge in [-0.3, -0.25) is 9.59 Å². The summed E-state index contributed by atoms with van der Waals surface area (Å²) in [6.45, 7) is 2.52. The summed E-state index contributed by atoms with van der Waals surface area (Å²) < 4.78 is 5.16. The number of benzene rings is 2. The van der Waals surface area contributed by atoms with Gasteiger partial charge in [-0.05, 0) is 48.1 Å². The van der Waals surface area contributed by atoms with Crippen molar-refractivity contribution in [3.63, 3.8) is 0 Å². The van der Waals surface area contributed by atoms with Gasteiger partial charge in [0.05, 0.1) is 13.2 Å². The molecule has 0 saturated carbocycles. The van der Waals surface area contributed by atoms with Gasteiger partial charge in [0, 0.05) is 32.1 Å². The molecule has 2 aromatic rings. The number of methoxy groups -OCH3 is 1. The molecular formula is C24H30ClN3O3. The van der Waals surface area contributed by atoms with Gasteiger partial charge in [0.25, 0.3) is 0 Å². The fourth-order valence-electron chi connectivity index (χ4n) is 4.29. The van der Waals surface area contributed by atoms with E-state index in [4.69, 9.17) is 4.74 Å². The lowest BCUT2D eigenvalue weighted by Gasteiger charge is -2.35. The van der Waals surface area contributed by atoms with Crippen LogP contribution in [-0.4, -0.2) is 43.0 Å². The molecule has 2 heterocycles. The predicted molar refractivity (Wildman–Crippen MR) is 122 cm³/mol. The van der Waals surface area contributed by atoms with E-state index in [1.54, 1.807) is 7.11 Å². The van der Waals surface area contributed by atoms with Crippen LogP contribution in [0, 0.1) is 5.92 Å². The first-order valence-corrected chi connectivity index (χ1v) is 10.6. The van der Waals surface area contributed by atoms with Crippen LogP contribution in [0.25, 0.3) is 0 Å². The standard InChI is InChI=1S/C24H29N3O3.ClH/c1-30-21-8-6-17(7-9-21)15-26-23(28)18-10-12-27(13-11-18)24(29)22-14-19-4-2-3-5-20(19)16-25-22;/h2-9,18,22,25H,10-16H2,1H3,(H,26,28);1H/t22-;/m0./s1. The van der Waals surface area contributed by atoms with E-state index >= 15 is 0 Å². The van der Waals surface area contributed by atoms with E-state index in [2.05, 4.69) is 22.8 Å². The van der Waals surface area contributed by atoms with E-state index in [0.717, 1.165) is 24.3 Å². The molecule has 4 rings (SSSR count). The smallest absolute Gasteiger partial charge is 0.240 e. The molecule has 31 heavy (non-hydrogen) atoms. The predicted octanol–water partition coefficient (Wildman–Crippen LogP) is 2.69. The Labute approximate surface area is 189 Å². The summed E-state index contributed by atoms with van der Waals surface area (Å²) in [5.74, 6) is 0.995. The number of likely N-dealkylation sites (tertiary alicyclic amines) is 1. The first-order chi connectivity index (χ1) is 14.6. The second-order valence-electron chi connectivity index (χ2n) is 8.07. The summed E-state index contributed by atoms with van der Waals surface area (Å²) in [5, 5.41) is 6.40. The molecule has 0 aliphatic carbocycles. The van der Waals surface area contributed by atoms with Crippen molar-refractivity contribution in [1.82, 2.24) is 15.5 Å². The molecule has 2 N–H and O–H groups in total. The Bertz CT molecular complexity index is 895. The van der Waals surface area contributed by atoms with Gasteiger partial charge in [0.2, 0.25) is 11.8 Å². The Balaban J connectivity index is 0.00000272. The van der Waals surface area contributed by atoms with Crippen LogP contribution in [0.5, 0.6) is 5.75 Å². The number of fused-ring (bicyclic) bond motifs is 1. The average Bonchev–Trinajstić information content (AvgIpc) is 2.82. The van der Waals surface area contributed by atoms with Crippen LogP contribution < -0.4 is 15.4 Å². The maximum absolute atomic E-state index is 13.0. The molecule has 0 spiro atoms. The lowest BCUT2D eigenvalue weighted by molar-refractivity contribution is -0.137. The van der Waals surface area contributed by atoms with Crippen molar-refractivity contribution in [2.75, 3.05) is 20.2 Å². The highest BCUT2D eigenvalue weighted by atomic mass is 35.5. The number of piperidine rings is 1. The van der Waals surface area contributed by atoms with Gasteiger partial charge in [-0.2, -0.15) is 0 Å². The molecule has 2 aromatic carbocycles. The number of amides is 2. The molecule has 6 nitrogen and oxygen atoms in total. The summed E-state index contributed by atoms with van der Waals surface area (Å²) in [6.07, 6.45) is 2.16. The minimum atomic E-state index is -0.166. The normalized spacial score (nSPS) is 18.5. The van der Waals surface area contributed by atoms with Crippen LogP contribution in [0.4, 0.5) is 0 Å². The molecule has 1 saturated heterocycles. The molecule has 166 valence electrons. The molecule has 0 radical (unpaired) electrons. The summed E-state index contributed by atoms with van der Waals surface area (Å²) in [7, 11) is 1.64. The maximum atomic E-state index is 13.0. The number of hydrogen-bond donors (Lipinski definition) is 2. The van der Waals surface area contributed by atoms with Crippen molar-refractivity contribution < 1.29 is 14.3 Å². The largest absolute Gasteiger partial charge is 0.497 e. The van der Waals surface area contributed by atoms with Crippen LogP contribution >= 0.6 is 12.4 Å². The number of nitrogens with zero attached hydrogens (tertiary/aromatic N) is 1. The van der Waals surface area contributed by atoms with E-state index in [9.17, 15) is 9.59 Å². The second kappa shape index (κ2) is 10.6. The Morgan fingerprint density at radius 1 is 1.06 bits per heavy atom. The molecule has 2 amide bonds. The zero-order valence-electron chi connectivity index (χ0n) is 17.8. The zero-order valence-corrected chi connectivity index (χ0v) is 18.6. The fourth-order valence-corrected chi connectivity index (χ4v) is 4.29. The van der Waals surface area contributed by atoms with Gasteiger partial charge in [0.1, 0.15) is 5.75 Å². The number of hydrogen-bond acceptors (Lipinski definition) is 4. The minimum absolute atomic E-state index is 0. The number of nitrogens with one attached hydrogen (secondary N) is 2. The van der Waals surface area contributed by atoms with Gasteiger partial charge in [-0.25, -0.2) is 0 Å². The Kier molecular flexibility index (Phi) is 7.93. The van der Waals surface area contributed by atoms with Gasteiger partial charge in [-0.15, -0.1) is 12.4 Å². The molecule has 0 aromatic heterocycles. The summed E-state index contributed by atoms with van der Waals surface area (Å²) >= 11 is 0. The fraction of sp³-hybridized carbons (Fsp3) is 0.417. The summed E-state index contributed by atoms with van der Waals surface area (Å²) in [4.78, 5) is 27.4. The van der Waals surface area contributed by atoms with E-state index in [-0.39, 0.29) is 36.2 Å². The lowest BCUT2D eigenvalue weighted by Crippen LogP contribution is -2.52. The molecule has 2 aliphatic rings. The van der Waals surface area contributed by atoms with E-state index in [0.29, 0.717) is 32.5 Å². The molecule has 1 fully saturated rings. The van der Waals surface area contributed by atoms with Crippen LogP contribution in [0.3, 0.4) is 0 Å². The Morgan fingerprint density at radius 2 is 1.74 bits per heavy atom. The third-order valence-electron chi connectivity index (χ3n) is 6.18. The molecular weight excluding hydrogens is 414 g/mol. The van der Waals surface area contributed by atoms with E-state index < -0.39 is 0 Å². The quantitative estimate of drug-likeness (QED) is 0.745. The Morgan fingerprint density at radius 3 is 2.42 bits per heavy atom. The van der Waals surface area contributed by atoms with Gasteiger partial charge < -0.3 is 20.3 Å². The van der Waals surface area contributed by atoms with Gasteiger partial charge in [-0.1, -0.05) is 36.4 Å². The van der Waals surface area contributed by atoms with Crippen LogP contribution in [-0.2, 0) is 29.1 Å². The van der Waals surface area contributed by atoms with Crippen LogP contribution in [0.2, 0.25) is 0 Å². The highest BCUT2D eigenvalue weighted by molar-refractivity contribution is 5.85. The van der Waals surface area contributed by atoms with Crippen molar-refractivity contribution in [2.45, 2.75) is 38.4 Å². The lowest BCUT2D eigenvalue weighted by atomic mass is 9.92. The SMILES string of the molecule is COc1ccc(CNC(=O)C2CCN(C(=O)[C@@H]3Cc4ccccc4CN3)CC2)cc1.Cl. The number of rotatable bonds is 5. The monoisotopic (exact) mass is 443 g/mol. The van der Waals surface area contributed by atoms with Crippen molar-refractivity contribution in [1.29, 1.82) is 0 Å². The molecule has 7 heteroatoms. The molecule has 1 atom stereocenters. The summed E-state index contributed by atoms with van der Waals surface area (Å²) in [5.41, 5.74) is 3.57. The number of carbonyl (C=O) groups is 2. The number of ether oxygens (including phenoxy) is 1. The van der Waals surface area contributed by atoms with Crippen LogP contribution in [0.1, 0.15) is 29.5 Å². The average molecular weight is 444 g/mol. The minimum Gasteiger partial charge on any atom is -0.497 e. The maximum Gasteiger partial charge on any atom is 0.240 e. The second-order valence-corrected chi connectivity index (χ2v) is 8.07. The van der Waals surface area contributed by atoms with Gasteiger partial charge >= 0.3 is 0 Å². The molecule has 0 unspecified atom stereocenters. The van der Waals surface area contributed by atoms with E-state index in [1.807, 2.05) is 41.3 Å². The topological polar surface area (TPSA) is 70.7 Å². The van der Waals surface area contributed by atoms with E-state index in [1.165, 1.54) is 11.1 Å². The first kappa shape index (κ1) is 23.1.